The molecule has 0 saturated carbocycles. The summed E-state index contributed by atoms with van der Waals surface area (Å²) in [5, 5.41) is 10.5. The fourth-order valence-electron chi connectivity index (χ4n) is 6.07. The molecule has 2 nitrogen and oxygen atoms in total. The molecule has 0 spiro atoms. The highest BCUT2D eigenvalue weighted by Crippen LogP contribution is 2.53. The quantitative estimate of drug-likeness (QED) is 0.377. The zero-order valence-electron chi connectivity index (χ0n) is 18.6. The molecule has 0 aromatic heterocycles. The monoisotopic (exact) mass is 384 g/mol. The van der Waals surface area contributed by atoms with Crippen LogP contribution in [0, 0.1) is 5.41 Å². The third-order valence-corrected chi connectivity index (χ3v) is 15.5. The maximum atomic E-state index is 10.5. The van der Waals surface area contributed by atoms with Crippen LogP contribution in [0.15, 0.2) is 11.6 Å². The van der Waals surface area contributed by atoms with Crippen molar-refractivity contribution >= 4 is 16.4 Å². The van der Waals surface area contributed by atoms with Crippen molar-refractivity contribution in [1.29, 1.82) is 0 Å². The van der Waals surface area contributed by atoms with E-state index in [-0.39, 0.29) is 12.0 Å². The van der Waals surface area contributed by atoms with E-state index in [1.165, 1.54) is 5.57 Å². The van der Waals surface area contributed by atoms with Crippen LogP contribution in [0.4, 0.5) is 0 Å². The predicted molar refractivity (Wildman–Crippen MR) is 117 cm³/mol. The average molecular weight is 385 g/mol. The van der Waals surface area contributed by atoms with E-state index in [2.05, 4.69) is 74.2 Å². The normalized spacial score (nSPS) is 25.8. The summed E-state index contributed by atoms with van der Waals surface area (Å²) < 4.78 is 7.00. The van der Waals surface area contributed by atoms with Crippen molar-refractivity contribution in [3.63, 3.8) is 0 Å². The van der Waals surface area contributed by atoms with Gasteiger partial charge in [-0.25, -0.2) is 0 Å². The van der Waals surface area contributed by atoms with Gasteiger partial charge in [0.15, 0.2) is 8.32 Å². The van der Waals surface area contributed by atoms with Crippen LogP contribution in [-0.2, 0) is 4.43 Å². The molecular formula is C21H44O2Si2. The summed E-state index contributed by atoms with van der Waals surface area (Å²) in [6.07, 6.45) is 4.56. The molecule has 0 bridgehead atoms. The third kappa shape index (κ3) is 4.51. The maximum absolute atomic E-state index is 10.5. The van der Waals surface area contributed by atoms with Gasteiger partial charge in [-0.05, 0) is 41.9 Å². The van der Waals surface area contributed by atoms with E-state index in [0.717, 1.165) is 19.4 Å². The van der Waals surface area contributed by atoms with Gasteiger partial charge in [0.25, 0.3) is 0 Å². The highest BCUT2D eigenvalue weighted by atomic mass is 28.4. The van der Waals surface area contributed by atoms with Gasteiger partial charge in [0.2, 0.25) is 0 Å². The molecule has 1 aliphatic carbocycles. The van der Waals surface area contributed by atoms with Crippen LogP contribution < -0.4 is 0 Å². The van der Waals surface area contributed by atoms with Crippen molar-refractivity contribution in [3.8, 4) is 0 Å². The molecule has 0 fully saturated rings. The van der Waals surface area contributed by atoms with Crippen molar-refractivity contribution in [2.24, 2.45) is 5.41 Å². The van der Waals surface area contributed by atoms with E-state index in [1.54, 1.807) is 0 Å². The SMILES string of the molecule is CC1=CCC[C@@](CO)(CO[Si](C(C)C)(C(C)C)C(C)C)[C@@H]1[Si](C)(C)C. The van der Waals surface area contributed by atoms with Gasteiger partial charge < -0.3 is 9.53 Å². The van der Waals surface area contributed by atoms with Crippen LogP contribution in [-0.4, -0.2) is 34.7 Å². The molecule has 4 heteroatoms. The summed E-state index contributed by atoms with van der Waals surface area (Å²) in [5.74, 6) is 0. The van der Waals surface area contributed by atoms with Gasteiger partial charge >= 0.3 is 0 Å². The lowest BCUT2D eigenvalue weighted by atomic mass is 9.75. The van der Waals surface area contributed by atoms with E-state index in [0.29, 0.717) is 22.2 Å². The Bertz CT molecular complexity index is 441. The first-order valence-electron chi connectivity index (χ1n) is 10.3. The Morgan fingerprint density at radius 1 is 1.08 bits per heavy atom. The van der Waals surface area contributed by atoms with Crippen molar-refractivity contribution in [2.75, 3.05) is 13.2 Å². The number of aliphatic hydroxyl groups is 1. The molecule has 0 radical (unpaired) electrons. The molecule has 1 N–H and O–H groups in total. The number of hydrogen-bond acceptors (Lipinski definition) is 2. The van der Waals surface area contributed by atoms with E-state index < -0.39 is 16.4 Å². The van der Waals surface area contributed by atoms with Crippen molar-refractivity contribution in [1.82, 2.24) is 0 Å². The van der Waals surface area contributed by atoms with Crippen LogP contribution >= 0.6 is 0 Å². The van der Waals surface area contributed by atoms with E-state index in [1.807, 2.05) is 0 Å². The minimum atomic E-state index is -1.90. The van der Waals surface area contributed by atoms with Crippen LogP contribution in [0.25, 0.3) is 0 Å². The molecule has 0 saturated heterocycles. The molecule has 2 atom stereocenters. The Labute approximate surface area is 159 Å². The number of allylic oxidation sites excluding steroid dienone is 2. The Kier molecular flexibility index (Phi) is 7.78. The van der Waals surface area contributed by atoms with Crippen molar-refractivity contribution in [3.05, 3.63) is 11.6 Å². The molecule has 1 aliphatic rings. The second-order valence-corrected chi connectivity index (χ2v) is 21.2. The first kappa shape index (κ1) is 23.1. The molecule has 0 aromatic rings. The molecule has 0 amide bonds. The van der Waals surface area contributed by atoms with Gasteiger partial charge in [0, 0.05) is 12.0 Å². The smallest absolute Gasteiger partial charge is 0.200 e. The standard InChI is InChI=1S/C21H44O2Si2/c1-16(2)25(17(3)4,18(5)6)23-15-21(14-22)13-11-12-19(7)20(21)24(8,9)10/h12,16-18,20,22H,11,13-15H2,1-10H3/t20-,21-/m1/s1. The van der Waals surface area contributed by atoms with Crippen LogP contribution in [0.2, 0.25) is 41.8 Å². The van der Waals surface area contributed by atoms with Gasteiger partial charge in [0.1, 0.15) is 0 Å². The first-order valence-corrected chi connectivity index (χ1v) is 16.0. The summed E-state index contributed by atoms with van der Waals surface area (Å²) in [6.45, 7) is 24.7. The lowest BCUT2D eigenvalue weighted by Gasteiger charge is -2.51. The van der Waals surface area contributed by atoms with Crippen LogP contribution in [0.5, 0.6) is 0 Å². The molecule has 0 unspecified atom stereocenters. The third-order valence-electron chi connectivity index (χ3n) is 6.67. The molecule has 1 rings (SSSR count). The number of aliphatic hydroxyl groups excluding tert-OH is 1. The lowest BCUT2D eigenvalue weighted by Crippen LogP contribution is -2.54. The van der Waals surface area contributed by atoms with Crippen molar-refractivity contribution in [2.45, 2.75) is 103 Å². The molecule has 148 valence electrons. The van der Waals surface area contributed by atoms with Gasteiger partial charge in [-0.3, -0.25) is 0 Å². The summed E-state index contributed by atoms with van der Waals surface area (Å²) in [6, 6.07) is 0. The maximum Gasteiger partial charge on any atom is 0.200 e. The largest absolute Gasteiger partial charge is 0.415 e. The fourth-order valence-corrected chi connectivity index (χ4v) is 15.3. The fraction of sp³-hybridized carbons (Fsp3) is 0.905. The second kappa shape index (κ2) is 8.41. The molecule has 25 heavy (non-hydrogen) atoms. The van der Waals surface area contributed by atoms with Gasteiger partial charge in [-0.15, -0.1) is 0 Å². The Balaban J connectivity index is 3.25. The van der Waals surface area contributed by atoms with Crippen molar-refractivity contribution < 1.29 is 9.53 Å². The molecule has 0 heterocycles. The minimum Gasteiger partial charge on any atom is -0.415 e. The Morgan fingerprint density at radius 2 is 1.56 bits per heavy atom. The van der Waals surface area contributed by atoms with Gasteiger partial charge in [-0.2, -0.15) is 0 Å². The summed E-state index contributed by atoms with van der Waals surface area (Å²) in [4.78, 5) is 0. The summed E-state index contributed by atoms with van der Waals surface area (Å²) >= 11 is 0. The van der Waals surface area contributed by atoms with E-state index >= 15 is 0 Å². The van der Waals surface area contributed by atoms with Gasteiger partial charge in [-0.1, -0.05) is 72.8 Å². The molecular weight excluding hydrogens is 340 g/mol. The zero-order valence-corrected chi connectivity index (χ0v) is 20.6. The number of hydrogen-bond donors (Lipinski definition) is 1. The summed E-state index contributed by atoms with van der Waals surface area (Å²) in [7, 11) is -3.35. The first-order chi connectivity index (χ1) is 11.3. The minimum absolute atomic E-state index is 0.0831. The van der Waals surface area contributed by atoms with E-state index in [4.69, 9.17) is 4.43 Å². The van der Waals surface area contributed by atoms with Crippen LogP contribution in [0.1, 0.15) is 61.3 Å². The van der Waals surface area contributed by atoms with E-state index in [9.17, 15) is 5.11 Å². The predicted octanol–water partition coefficient (Wildman–Crippen LogP) is 6.61. The van der Waals surface area contributed by atoms with Gasteiger partial charge in [0.05, 0.1) is 14.7 Å². The number of rotatable bonds is 8. The second-order valence-electron chi connectivity index (χ2n) is 10.4. The lowest BCUT2D eigenvalue weighted by molar-refractivity contribution is 0.0457. The molecule has 0 aromatic carbocycles. The zero-order chi connectivity index (χ0) is 19.6. The van der Waals surface area contributed by atoms with Crippen LogP contribution in [0.3, 0.4) is 0 Å². The topological polar surface area (TPSA) is 29.5 Å². The highest BCUT2D eigenvalue weighted by Gasteiger charge is 2.51. The molecule has 0 aliphatic heterocycles. The Hall–Kier alpha value is 0.0938. The Morgan fingerprint density at radius 3 is 1.92 bits per heavy atom. The average Bonchev–Trinajstić information content (AvgIpc) is 2.45. The highest BCUT2D eigenvalue weighted by molar-refractivity contribution is 6.78. The summed E-state index contributed by atoms with van der Waals surface area (Å²) in [5.41, 5.74) is 3.70.